The Balaban J connectivity index is 2.12. The molecule has 1 aromatic carbocycles. The van der Waals surface area contributed by atoms with Gasteiger partial charge in [-0.1, -0.05) is 6.92 Å². The van der Waals surface area contributed by atoms with Crippen LogP contribution in [0.15, 0.2) is 30.3 Å². The second kappa shape index (κ2) is 6.38. The highest BCUT2D eigenvalue weighted by molar-refractivity contribution is 14.1. The summed E-state index contributed by atoms with van der Waals surface area (Å²) in [5.74, 6) is -0.548. The van der Waals surface area contributed by atoms with Crippen molar-refractivity contribution >= 4 is 39.9 Å². The zero-order valence-corrected chi connectivity index (χ0v) is 13.3. The fourth-order valence-corrected chi connectivity index (χ4v) is 3.00. The van der Waals surface area contributed by atoms with Crippen LogP contribution in [-0.4, -0.2) is 11.1 Å². The first-order chi connectivity index (χ1) is 9.10. The van der Waals surface area contributed by atoms with E-state index in [1.807, 2.05) is 12.1 Å². The topological polar surface area (TPSA) is 46.5 Å². The molecule has 1 aromatic heterocycles. The molecule has 0 unspecified atom stereocenters. The fraction of sp³-hybridized carbons (Fsp3) is 0.214. The summed E-state index contributed by atoms with van der Waals surface area (Å²) < 4.78 is 6.50. The fourth-order valence-electron chi connectivity index (χ4n) is 1.63. The zero-order chi connectivity index (χ0) is 13.8. The van der Waals surface area contributed by atoms with Crippen LogP contribution in [0.2, 0.25) is 0 Å². The summed E-state index contributed by atoms with van der Waals surface area (Å²) >= 11 is 3.78. The summed E-state index contributed by atoms with van der Waals surface area (Å²) in [6.07, 6.45) is 1.01. The molecule has 0 aliphatic carbocycles. The second-order valence-electron chi connectivity index (χ2n) is 3.96. The smallest absolute Gasteiger partial charge is 0.339 e. The largest absolute Gasteiger partial charge is 0.487 e. The number of hydrogen-bond acceptors (Lipinski definition) is 3. The summed E-state index contributed by atoms with van der Waals surface area (Å²) in [5.41, 5.74) is 0.208. The predicted octanol–water partition coefficient (Wildman–Crippen LogP) is 4.19. The lowest BCUT2D eigenvalue weighted by Crippen LogP contribution is -2.03. The quantitative estimate of drug-likeness (QED) is 0.782. The van der Waals surface area contributed by atoms with Gasteiger partial charge in [-0.15, -0.1) is 11.3 Å². The van der Waals surface area contributed by atoms with Crippen LogP contribution in [0.5, 0.6) is 5.75 Å². The minimum absolute atomic E-state index is 0.208. The van der Waals surface area contributed by atoms with Crippen LogP contribution in [0.4, 0.5) is 0 Å². The lowest BCUT2D eigenvalue weighted by molar-refractivity contribution is 0.0691. The van der Waals surface area contributed by atoms with E-state index in [0.717, 1.165) is 14.9 Å². The minimum Gasteiger partial charge on any atom is -0.487 e. The molecule has 19 heavy (non-hydrogen) atoms. The number of halogens is 1. The van der Waals surface area contributed by atoms with Crippen LogP contribution in [0, 0.1) is 3.57 Å². The zero-order valence-electron chi connectivity index (χ0n) is 10.4. The molecular formula is C14H13IO3S. The first-order valence-electron chi connectivity index (χ1n) is 5.83. The van der Waals surface area contributed by atoms with Crippen molar-refractivity contribution in [2.45, 2.75) is 20.0 Å². The van der Waals surface area contributed by atoms with E-state index in [4.69, 9.17) is 9.84 Å². The van der Waals surface area contributed by atoms with Crippen molar-refractivity contribution in [2.75, 3.05) is 0 Å². The molecule has 0 aliphatic heterocycles. The van der Waals surface area contributed by atoms with Crippen LogP contribution in [-0.2, 0) is 13.0 Å². The second-order valence-corrected chi connectivity index (χ2v) is 6.45. The van der Waals surface area contributed by atoms with Gasteiger partial charge < -0.3 is 9.84 Å². The minimum atomic E-state index is -0.964. The van der Waals surface area contributed by atoms with Gasteiger partial charge in [0.15, 0.2) is 0 Å². The van der Waals surface area contributed by atoms with Gasteiger partial charge in [-0.2, -0.15) is 0 Å². The first-order valence-corrected chi connectivity index (χ1v) is 7.73. The molecule has 0 atom stereocenters. The lowest BCUT2D eigenvalue weighted by atomic mass is 10.2. The van der Waals surface area contributed by atoms with Crippen LogP contribution in [0.3, 0.4) is 0 Å². The Hall–Kier alpha value is -1.08. The molecule has 0 fully saturated rings. The summed E-state index contributed by atoms with van der Waals surface area (Å²) in [6.45, 7) is 2.52. The SMILES string of the molecule is CCc1ccc(COc2ccc(I)cc2C(=O)O)s1. The molecule has 0 bridgehead atoms. The average Bonchev–Trinajstić information content (AvgIpc) is 2.85. The third-order valence-corrected chi connectivity index (χ3v) is 4.48. The molecule has 0 spiro atoms. The van der Waals surface area contributed by atoms with Gasteiger partial charge in [0.25, 0.3) is 0 Å². The molecule has 1 N–H and O–H groups in total. The van der Waals surface area contributed by atoms with Crippen molar-refractivity contribution in [3.8, 4) is 5.75 Å². The van der Waals surface area contributed by atoms with Gasteiger partial charge in [0.2, 0.25) is 0 Å². The first kappa shape index (κ1) is 14.3. The average molecular weight is 388 g/mol. The molecule has 5 heteroatoms. The van der Waals surface area contributed by atoms with E-state index < -0.39 is 5.97 Å². The molecule has 0 amide bonds. The number of carboxylic acid groups (broad SMARTS) is 1. The standard InChI is InChI=1S/C14H13IO3S/c1-2-10-4-5-11(19-10)8-18-13-6-3-9(15)7-12(13)14(16)17/h3-7H,2,8H2,1H3,(H,16,17). The number of thiophene rings is 1. The van der Waals surface area contributed by atoms with Gasteiger partial charge in [-0.3, -0.25) is 0 Å². The number of carboxylic acids is 1. The Bertz CT molecular complexity index is 592. The van der Waals surface area contributed by atoms with E-state index in [1.54, 1.807) is 23.5 Å². The molecule has 1 heterocycles. The van der Waals surface area contributed by atoms with E-state index in [1.165, 1.54) is 4.88 Å². The number of rotatable bonds is 5. The Morgan fingerprint density at radius 2 is 2.05 bits per heavy atom. The lowest BCUT2D eigenvalue weighted by Gasteiger charge is -2.08. The van der Waals surface area contributed by atoms with E-state index in [9.17, 15) is 4.79 Å². The maximum atomic E-state index is 11.2. The molecule has 0 aliphatic rings. The number of hydrogen-bond donors (Lipinski definition) is 1. The maximum Gasteiger partial charge on any atom is 0.339 e. The molecule has 0 saturated heterocycles. The Labute approximate surface area is 129 Å². The summed E-state index contributed by atoms with van der Waals surface area (Å²) in [4.78, 5) is 13.6. The maximum absolute atomic E-state index is 11.2. The van der Waals surface area contributed by atoms with Crippen LogP contribution >= 0.6 is 33.9 Å². The molecule has 2 aromatic rings. The van der Waals surface area contributed by atoms with E-state index >= 15 is 0 Å². The number of aryl methyl sites for hydroxylation is 1. The third-order valence-electron chi connectivity index (χ3n) is 2.61. The van der Waals surface area contributed by atoms with Crippen molar-refractivity contribution in [2.24, 2.45) is 0 Å². The van der Waals surface area contributed by atoms with E-state index in [0.29, 0.717) is 12.4 Å². The van der Waals surface area contributed by atoms with Gasteiger partial charge >= 0.3 is 5.97 Å². The third kappa shape index (κ3) is 3.70. The van der Waals surface area contributed by atoms with Gasteiger partial charge in [0.05, 0.1) is 0 Å². The van der Waals surface area contributed by atoms with Gasteiger partial charge in [0, 0.05) is 13.3 Å². The normalized spacial score (nSPS) is 10.4. The van der Waals surface area contributed by atoms with Gasteiger partial charge in [-0.25, -0.2) is 4.79 Å². The number of aromatic carboxylic acids is 1. The number of ether oxygens (including phenoxy) is 1. The van der Waals surface area contributed by atoms with Crippen molar-refractivity contribution in [1.29, 1.82) is 0 Å². The Kier molecular flexibility index (Phi) is 4.81. The predicted molar refractivity (Wildman–Crippen MR) is 84.1 cm³/mol. The summed E-state index contributed by atoms with van der Waals surface area (Å²) in [7, 11) is 0. The molecule has 0 radical (unpaired) electrons. The highest BCUT2D eigenvalue weighted by Gasteiger charge is 2.12. The van der Waals surface area contributed by atoms with Gasteiger partial charge in [0.1, 0.15) is 17.9 Å². The highest BCUT2D eigenvalue weighted by Crippen LogP contribution is 2.24. The summed E-state index contributed by atoms with van der Waals surface area (Å²) in [5, 5.41) is 9.15. The van der Waals surface area contributed by atoms with Crippen molar-refractivity contribution in [1.82, 2.24) is 0 Å². The number of carbonyl (C=O) groups is 1. The molecule has 0 saturated carbocycles. The number of benzene rings is 1. The molecule has 3 nitrogen and oxygen atoms in total. The highest BCUT2D eigenvalue weighted by atomic mass is 127. The Morgan fingerprint density at radius 1 is 1.32 bits per heavy atom. The summed E-state index contributed by atoms with van der Waals surface area (Å²) in [6, 6.07) is 9.27. The Morgan fingerprint density at radius 3 is 2.68 bits per heavy atom. The van der Waals surface area contributed by atoms with E-state index in [-0.39, 0.29) is 5.56 Å². The molecule has 2 rings (SSSR count). The van der Waals surface area contributed by atoms with Crippen LogP contribution < -0.4 is 4.74 Å². The molecular weight excluding hydrogens is 375 g/mol. The van der Waals surface area contributed by atoms with E-state index in [2.05, 4.69) is 35.6 Å². The monoisotopic (exact) mass is 388 g/mol. The van der Waals surface area contributed by atoms with Crippen molar-refractivity contribution in [3.63, 3.8) is 0 Å². The van der Waals surface area contributed by atoms with Crippen molar-refractivity contribution in [3.05, 3.63) is 49.2 Å². The van der Waals surface area contributed by atoms with Crippen LogP contribution in [0.25, 0.3) is 0 Å². The van der Waals surface area contributed by atoms with Crippen molar-refractivity contribution < 1.29 is 14.6 Å². The van der Waals surface area contributed by atoms with Gasteiger partial charge in [-0.05, 0) is 59.3 Å². The van der Waals surface area contributed by atoms with Crippen LogP contribution in [0.1, 0.15) is 27.0 Å². The molecule has 100 valence electrons.